The van der Waals surface area contributed by atoms with Crippen molar-refractivity contribution in [3.8, 4) is 0 Å². The van der Waals surface area contributed by atoms with Crippen LogP contribution in [0.4, 0.5) is 5.82 Å². The van der Waals surface area contributed by atoms with Crippen LogP contribution in [0.25, 0.3) is 0 Å². The molecule has 15 heavy (non-hydrogen) atoms. The van der Waals surface area contributed by atoms with E-state index in [1.807, 2.05) is 20.8 Å². The number of aryl methyl sites for hydroxylation is 1. The number of carbonyl (C=O) groups excluding carboxylic acids is 1. The first-order valence-electron chi connectivity index (χ1n) is 5.04. The molecule has 0 saturated heterocycles. The standard InChI is InChI=1S/C10H17N3O2/c1-7(2)12-10(14)4-5-11-9-6-8(3)15-13-9/h6-7H,4-5H2,1-3H3,(H,11,13)(H,12,14). The molecule has 0 spiro atoms. The van der Waals surface area contributed by atoms with Crippen LogP contribution >= 0.6 is 0 Å². The Morgan fingerprint density at radius 1 is 1.60 bits per heavy atom. The number of hydrogen-bond acceptors (Lipinski definition) is 4. The molecule has 0 unspecified atom stereocenters. The van der Waals surface area contributed by atoms with Gasteiger partial charge in [-0.1, -0.05) is 5.16 Å². The van der Waals surface area contributed by atoms with Crippen molar-refractivity contribution in [2.75, 3.05) is 11.9 Å². The Morgan fingerprint density at radius 3 is 2.87 bits per heavy atom. The topological polar surface area (TPSA) is 67.2 Å². The molecule has 1 aromatic rings. The zero-order valence-electron chi connectivity index (χ0n) is 9.33. The first-order chi connectivity index (χ1) is 7.08. The van der Waals surface area contributed by atoms with Gasteiger partial charge in [0.05, 0.1) is 0 Å². The van der Waals surface area contributed by atoms with Crippen LogP contribution in [0.15, 0.2) is 10.6 Å². The molecule has 1 rings (SSSR count). The van der Waals surface area contributed by atoms with E-state index in [0.717, 1.165) is 5.76 Å². The molecule has 2 N–H and O–H groups in total. The number of rotatable bonds is 5. The van der Waals surface area contributed by atoms with Crippen molar-refractivity contribution in [3.63, 3.8) is 0 Å². The Morgan fingerprint density at radius 2 is 2.33 bits per heavy atom. The molecule has 0 atom stereocenters. The van der Waals surface area contributed by atoms with Crippen LogP contribution in [0.5, 0.6) is 0 Å². The molecule has 84 valence electrons. The molecule has 0 aliphatic carbocycles. The van der Waals surface area contributed by atoms with Crippen molar-refractivity contribution >= 4 is 11.7 Å². The predicted molar refractivity (Wildman–Crippen MR) is 57.6 cm³/mol. The van der Waals surface area contributed by atoms with Gasteiger partial charge in [0, 0.05) is 25.1 Å². The quantitative estimate of drug-likeness (QED) is 0.770. The van der Waals surface area contributed by atoms with Crippen molar-refractivity contribution in [1.82, 2.24) is 10.5 Å². The minimum atomic E-state index is 0.0396. The number of carbonyl (C=O) groups is 1. The number of aromatic nitrogens is 1. The van der Waals surface area contributed by atoms with Gasteiger partial charge >= 0.3 is 0 Å². The monoisotopic (exact) mass is 211 g/mol. The molecule has 0 aliphatic rings. The lowest BCUT2D eigenvalue weighted by Gasteiger charge is -2.07. The second-order valence-corrected chi connectivity index (χ2v) is 3.72. The smallest absolute Gasteiger partial charge is 0.221 e. The first kappa shape index (κ1) is 11.6. The normalized spacial score (nSPS) is 10.4. The van der Waals surface area contributed by atoms with Crippen molar-refractivity contribution in [3.05, 3.63) is 11.8 Å². The Labute approximate surface area is 89.2 Å². The molecule has 0 aliphatic heterocycles. The predicted octanol–water partition coefficient (Wildman–Crippen LogP) is 1.31. The molecular formula is C10H17N3O2. The van der Waals surface area contributed by atoms with E-state index in [2.05, 4.69) is 15.8 Å². The Kier molecular flexibility index (Phi) is 4.15. The van der Waals surface area contributed by atoms with E-state index >= 15 is 0 Å². The summed E-state index contributed by atoms with van der Waals surface area (Å²) in [5.41, 5.74) is 0. The number of amides is 1. The molecule has 0 saturated carbocycles. The van der Waals surface area contributed by atoms with E-state index in [1.54, 1.807) is 6.07 Å². The number of anilines is 1. The van der Waals surface area contributed by atoms with Gasteiger partial charge in [0.2, 0.25) is 5.91 Å². The van der Waals surface area contributed by atoms with Crippen LogP contribution in [0.3, 0.4) is 0 Å². The summed E-state index contributed by atoms with van der Waals surface area (Å²) in [6, 6.07) is 1.98. The van der Waals surface area contributed by atoms with E-state index in [0.29, 0.717) is 18.8 Å². The van der Waals surface area contributed by atoms with Crippen LogP contribution in [-0.2, 0) is 4.79 Å². The molecule has 1 aromatic heterocycles. The lowest BCUT2D eigenvalue weighted by molar-refractivity contribution is -0.121. The van der Waals surface area contributed by atoms with Crippen molar-refractivity contribution in [2.24, 2.45) is 0 Å². The van der Waals surface area contributed by atoms with Crippen molar-refractivity contribution in [1.29, 1.82) is 0 Å². The second kappa shape index (κ2) is 5.38. The fraction of sp³-hybridized carbons (Fsp3) is 0.600. The Balaban J connectivity index is 2.19. The van der Waals surface area contributed by atoms with Crippen molar-refractivity contribution < 1.29 is 9.32 Å². The summed E-state index contributed by atoms with van der Waals surface area (Å²) in [5, 5.41) is 9.57. The zero-order valence-corrected chi connectivity index (χ0v) is 9.33. The minimum Gasteiger partial charge on any atom is -0.367 e. The highest BCUT2D eigenvalue weighted by Gasteiger charge is 2.03. The van der Waals surface area contributed by atoms with Gasteiger partial charge < -0.3 is 15.2 Å². The van der Waals surface area contributed by atoms with E-state index in [-0.39, 0.29) is 11.9 Å². The van der Waals surface area contributed by atoms with Crippen LogP contribution in [0.1, 0.15) is 26.0 Å². The largest absolute Gasteiger partial charge is 0.367 e. The number of nitrogens with one attached hydrogen (secondary N) is 2. The molecule has 1 amide bonds. The van der Waals surface area contributed by atoms with E-state index in [1.165, 1.54) is 0 Å². The maximum absolute atomic E-state index is 11.3. The molecule has 1 heterocycles. The summed E-state index contributed by atoms with van der Waals surface area (Å²) in [6.07, 6.45) is 0.435. The highest BCUT2D eigenvalue weighted by Crippen LogP contribution is 2.06. The van der Waals surface area contributed by atoms with E-state index in [4.69, 9.17) is 4.52 Å². The Hall–Kier alpha value is -1.52. The van der Waals surface area contributed by atoms with Gasteiger partial charge in [-0.15, -0.1) is 0 Å². The molecule has 0 radical (unpaired) electrons. The number of hydrogen-bond donors (Lipinski definition) is 2. The van der Waals surface area contributed by atoms with E-state index < -0.39 is 0 Å². The van der Waals surface area contributed by atoms with Crippen LogP contribution in [0, 0.1) is 6.92 Å². The maximum atomic E-state index is 11.3. The molecular weight excluding hydrogens is 194 g/mol. The Bertz CT molecular complexity index is 320. The highest BCUT2D eigenvalue weighted by molar-refractivity contribution is 5.76. The molecule has 0 fully saturated rings. The molecule has 0 aromatic carbocycles. The second-order valence-electron chi connectivity index (χ2n) is 3.72. The molecule has 5 heteroatoms. The van der Waals surface area contributed by atoms with Crippen molar-refractivity contribution in [2.45, 2.75) is 33.2 Å². The highest BCUT2D eigenvalue weighted by atomic mass is 16.5. The minimum absolute atomic E-state index is 0.0396. The van der Waals surface area contributed by atoms with Gasteiger partial charge in [-0.3, -0.25) is 4.79 Å². The molecule has 0 bridgehead atoms. The summed E-state index contributed by atoms with van der Waals surface area (Å²) in [6.45, 7) is 6.26. The van der Waals surface area contributed by atoms with Gasteiger partial charge in [0.1, 0.15) is 5.76 Å². The lowest BCUT2D eigenvalue weighted by atomic mass is 10.3. The third-order valence-electron chi connectivity index (χ3n) is 1.74. The first-order valence-corrected chi connectivity index (χ1v) is 5.04. The summed E-state index contributed by atoms with van der Waals surface area (Å²) in [4.78, 5) is 11.3. The lowest BCUT2D eigenvalue weighted by Crippen LogP contribution is -2.31. The van der Waals surface area contributed by atoms with Gasteiger partial charge in [-0.05, 0) is 20.8 Å². The average molecular weight is 211 g/mol. The van der Waals surface area contributed by atoms with Crippen LogP contribution < -0.4 is 10.6 Å². The summed E-state index contributed by atoms with van der Waals surface area (Å²) >= 11 is 0. The summed E-state index contributed by atoms with van der Waals surface area (Å²) in [7, 11) is 0. The summed E-state index contributed by atoms with van der Waals surface area (Å²) in [5.74, 6) is 1.46. The zero-order chi connectivity index (χ0) is 11.3. The average Bonchev–Trinajstić information content (AvgIpc) is 2.50. The van der Waals surface area contributed by atoms with Gasteiger partial charge in [-0.25, -0.2) is 0 Å². The fourth-order valence-corrected chi connectivity index (χ4v) is 1.15. The maximum Gasteiger partial charge on any atom is 0.221 e. The van der Waals surface area contributed by atoms with Gasteiger partial charge in [0.15, 0.2) is 5.82 Å². The van der Waals surface area contributed by atoms with Gasteiger partial charge in [0.25, 0.3) is 0 Å². The number of nitrogens with zero attached hydrogens (tertiary/aromatic N) is 1. The SMILES string of the molecule is Cc1cc(NCCC(=O)NC(C)C)no1. The van der Waals surface area contributed by atoms with Crippen LogP contribution in [-0.4, -0.2) is 23.7 Å². The van der Waals surface area contributed by atoms with Crippen LogP contribution in [0.2, 0.25) is 0 Å². The third-order valence-corrected chi connectivity index (χ3v) is 1.74. The third kappa shape index (κ3) is 4.49. The van der Waals surface area contributed by atoms with Gasteiger partial charge in [-0.2, -0.15) is 0 Å². The van der Waals surface area contributed by atoms with E-state index in [9.17, 15) is 4.79 Å². The summed E-state index contributed by atoms with van der Waals surface area (Å²) < 4.78 is 4.87. The fourth-order valence-electron chi connectivity index (χ4n) is 1.15. The molecule has 5 nitrogen and oxygen atoms in total.